The lowest BCUT2D eigenvalue weighted by Gasteiger charge is -2.30. The number of likely N-dealkylation sites (N-methyl/N-ethyl adjacent to an activating group) is 2. The summed E-state index contributed by atoms with van der Waals surface area (Å²) in [6.45, 7) is 9.05. The second-order valence-corrected chi connectivity index (χ2v) is 7.46. The van der Waals surface area contributed by atoms with Gasteiger partial charge in [-0.05, 0) is 44.5 Å². The maximum Gasteiger partial charge on any atom is 0.193 e. The molecule has 1 N–H and O–H groups in total. The number of ether oxygens (including phenoxy) is 1. The summed E-state index contributed by atoms with van der Waals surface area (Å²) in [4.78, 5) is 9.81. The van der Waals surface area contributed by atoms with Gasteiger partial charge in [0.25, 0.3) is 0 Å². The predicted octanol–water partition coefficient (Wildman–Crippen LogP) is 2.84. The van der Waals surface area contributed by atoms with Crippen molar-refractivity contribution in [3.63, 3.8) is 0 Å². The molecule has 0 aromatic carbocycles. The Bertz CT molecular complexity index is 546. The van der Waals surface area contributed by atoms with Gasteiger partial charge in [-0.2, -0.15) is 0 Å². The summed E-state index contributed by atoms with van der Waals surface area (Å²) in [7, 11) is 2.16. The number of guanidine groups is 1. The highest BCUT2D eigenvalue weighted by Gasteiger charge is 2.25. The van der Waals surface area contributed by atoms with E-state index in [1.807, 2.05) is 12.1 Å². The van der Waals surface area contributed by atoms with Gasteiger partial charge in [-0.15, -0.1) is 24.0 Å². The van der Waals surface area contributed by atoms with Gasteiger partial charge in [0.2, 0.25) is 0 Å². The molecular formula is C20H35IN4O2. The third-order valence-corrected chi connectivity index (χ3v) is 5.51. The molecule has 6 nitrogen and oxygen atoms in total. The van der Waals surface area contributed by atoms with Crippen LogP contribution < -0.4 is 5.32 Å². The van der Waals surface area contributed by atoms with Gasteiger partial charge in [-0.1, -0.05) is 6.92 Å². The van der Waals surface area contributed by atoms with E-state index in [0.717, 1.165) is 64.0 Å². The maximum absolute atomic E-state index is 5.49. The summed E-state index contributed by atoms with van der Waals surface area (Å²) in [5.41, 5.74) is 0. The summed E-state index contributed by atoms with van der Waals surface area (Å²) < 4.78 is 10.9. The number of furan rings is 1. The number of halogens is 1. The first-order valence-corrected chi connectivity index (χ1v) is 10.1. The number of nitrogens with zero attached hydrogens (tertiary/aromatic N) is 3. The van der Waals surface area contributed by atoms with Gasteiger partial charge in [-0.25, -0.2) is 0 Å². The molecule has 27 heavy (non-hydrogen) atoms. The molecule has 3 rings (SSSR count). The van der Waals surface area contributed by atoms with Crippen LogP contribution in [0, 0.1) is 5.92 Å². The van der Waals surface area contributed by atoms with E-state index in [-0.39, 0.29) is 24.0 Å². The van der Waals surface area contributed by atoms with Gasteiger partial charge in [0.05, 0.1) is 12.9 Å². The van der Waals surface area contributed by atoms with Crippen LogP contribution in [0.25, 0.3) is 0 Å². The van der Waals surface area contributed by atoms with Gasteiger partial charge in [0.15, 0.2) is 5.96 Å². The summed E-state index contributed by atoms with van der Waals surface area (Å²) in [5.74, 6) is 2.58. The van der Waals surface area contributed by atoms with Crippen LogP contribution in [0.3, 0.4) is 0 Å². The molecule has 2 aliphatic heterocycles. The molecule has 2 atom stereocenters. The Hall–Kier alpha value is -0.800. The zero-order valence-electron chi connectivity index (χ0n) is 16.7. The summed E-state index contributed by atoms with van der Waals surface area (Å²) in [5, 5.41) is 3.55. The number of rotatable bonds is 8. The quantitative estimate of drug-likeness (QED) is 0.345. The van der Waals surface area contributed by atoms with Gasteiger partial charge in [0.1, 0.15) is 5.76 Å². The van der Waals surface area contributed by atoms with Crippen molar-refractivity contribution in [2.24, 2.45) is 10.9 Å². The van der Waals surface area contributed by atoms with Crippen molar-refractivity contribution in [1.82, 2.24) is 15.1 Å². The standard InChI is InChI=1S/C20H34N4O2.HI/c1-3-24-11-4-6-18(24)15-23(2)20(22-14-17-9-13-25-16-17)21-10-8-19-7-5-12-26-19;/h5,7,12,17-18H,3-4,6,8-11,13-16H2,1-2H3,(H,21,22);1H. The van der Waals surface area contributed by atoms with E-state index in [0.29, 0.717) is 12.0 Å². The molecular weight excluding hydrogens is 455 g/mol. The molecule has 1 aromatic rings. The largest absolute Gasteiger partial charge is 0.469 e. The molecule has 0 spiro atoms. The van der Waals surface area contributed by atoms with Crippen molar-refractivity contribution in [2.75, 3.05) is 53.0 Å². The van der Waals surface area contributed by atoms with Crippen molar-refractivity contribution >= 4 is 29.9 Å². The molecule has 0 amide bonds. The zero-order valence-corrected chi connectivity index (χ0v) is 19.1. The topological polar surface area (TPSA) is 53.2 Å². The third kappa shape index (κ3) is 6.94. The highest BCUT2D eigenvalue weighted by Crippen LogP contribution is 2.17. The first-order chi connectivity index (χ1) is 12.8. The van der Waals surface area contributed by atoms with E-state index in [1.165, 1.54) is 19.4 Å². The van der Waals surface area contributed by atoms with Crippen molar-refractivity contribution in [3.8, 4) is 0 Å². The Morgan fingerprint density at radius 1 is 1.41 bits per heavy atom. The highest BCUT2D eigenvalue weighted by molar-refractivity contribution is 14.0. The number of likely N-dealkylation sites (tertiary alicyclic amines) is 1. The number of nitrogens with one attached hydrogen (secondary N) is 1. The molecule has 0 saturated carbocycles. The Balaban J connectivity index is 0.00000261. The molecule has 2 fully saturated rings. The van der Waals surface area contributed by atoms with Crippen molar-refractivity contribution < 1.29 is 9.15 Å². The molecule has 0 bridgehead atoms. The summed E-state index contributed by atoms with van der Waals surface area (Å²) in [6, 6.07) is 4.60. The number of hydrogen-bond donors (Lipinski definition) is 1. The lowest BCUT2D eigenvalue weighted by molar-refractivity contribution is 0.187. The third-order valence-electron chi connectivity index (χ3n) is 5.51. The van der Waals surface area contributed by atoms with Crippen molar-refractivity contribution in [2.45, 2.75) is 38.6 Å². The molecule has 2 saturated heterocycles. The fraction of sp³-hybridized carbons (Fsp3) is 0.750. The smallest absolute Gasteiger partial charge is 0.193 e. The lowest BCUT2D eigenvalue weighted by atomic mass is 10.1. The van der Waals surface area contributed by atoms with E-state index < -0.39 is 0 Å². The first kappa shape index (κ1) is 22.5. The van der Waals surface area contributed by atoms with Crippen LogP contribution in [0.4, 0.5) is 0 Å². The van der Waals surface area contributed by atoms with Gasteiger partial charge >= 0.3 is 0 Å². The van der Waals surface area contributed by atoms with Crippen LogP contribution in [0.1, 0.15) is 31.9 Å². The van der Waals surface area contributed by atoms with Crippen molar-refractivity contribution in [1.29, 1.82) is 0 Å². The second kappa shape index (κ2) is 11.9. The van der Waals surface area contributed by atoms with Crippen LogP contribution in [-0.4, -0.2) is 74.8 Å². The minimum atomic E-state index is 0. The van der Waals surface area contributed by atoms with Gasteiger partial charge < -0.3 is 19.4 Å². The van der Waals surface area contributed by atoms with Gasteiger partial charge in [-0.3, -0.25) is 9.89 Å². The van der Waals surface area contributed by atoms with Crippen LogP contribution in [-0.2, 0) is 11.2 Å². The zero-order chi connectivity index (χ0) is 18.2. The van der Waals surface area contributed by atoms with E-state index in [9.17, 15) is 0 Å². The molecule has 2 unspecified atom stereocenters. The minimum Gasteiger partial charge on any atom is -0.469 e. The predicted molar refractivity (Wildman–Crippen MR) is 120 cm³/mol. The first-order valence-electron chi connectivity index (χ1n) is 10.1. The minimum absolute atomic E-state index is 0. The van der Waals surface area contributed by atoms with E-state index in [1.54, 1.807) is 6.26 Å². The average molecular weight is 490 g/mol. The van der Waals surface area contributed by atoms with Crippen LogP contribution in [0.5, 0.6) is 0 Å². The van der Waals surface area contributed by atoms with Crippen LogP contribution >= 0.6 is 24.0 Å². The highest BCUT2D eigenvalue weighted by atomic mass is 127. The van der Waals surface area contributed by atoms with Crippen molar-refractivity contribution in [3.05, 3.63) is 24.2 Å². The van der Waals surface area contributed by atoms with Crippen LogP contribution in [0.15, 0.2) is 27.8 Å². The molecule has 3 heterocycles. The normalized spacial score (nSPS) is 23.4. The van der Waals surface area contributed by atoms with E-state index in [4.69, 9.17) is 14.1 Å². The molecule has 2 aliphatic rings. The van der Waals surface area contributed by atoms with E-state index in [2.05, 4.69) is 29.1 Å². The Morgan fingerprint density at radius 2 is 2.30 bits per heavy atom. The lowest BCUT2D eigenvalue weighted by Crippen LogP contribution is -2.46. The average Bonchev–Trinajstić information content (AvgIpc) is 3.39. The SMILES string of the molecule is CCN1CCCC1CN(C)C(=NCC1CCOC1)NCCc1ccco1.I. The number of aliphatic imine (C=N–C) groups is 1. The second-order valence-electron chi connectivity index (χ2n) is 7.46. The van der Waals surface area contributed by atoms with Gasteiger partial charge in [0, 0.05) is 51.7 Å². The van der Waals surface area contributed by atoms with E-state index >= 15 is 0 Å². The molecule has 7 heteroatoms. The molecule has 1 aromatic heterocycles. The monoisotopic (exact) mass is 490 g/mol. The molecule has 0 radical (unpaired) electrons. The summed E-state index contributed by atoms with van der Waals surface area (Å²) in [6.07, 6.45) is 6.32. The molecule has 0 aliphatic carbocycles. The Kier molecular flexibility index (Phi) is 9.92. The summed E-state index contributed by atoms with van der Waals surface area (Å²) >= 11 is 0. The Morgan fingerprint density at radius 3 is 3.00 bits per heavy atom. The maximum atomic E-state index is 5.49. The fourth-order valence-corrected chi connectivity index (χ4v) is 3.93. The fourth-order valence-electron chi connectivity index (χ4n) is 3.93. The Labute approximate surface area is 180 Å². The molecule has 154 valence electrons. The number of hydrogen-bond acceptors (Lipinski definition) is 4. The van der Waals surface area contributed by atoms with Crippen LogP contribution in [0.2, 0.25) is 0 Å².